The summed E-state index contributed by atoms with van der Waals surface area (Å²) >= 11 is 1.12. The first kappa shape index (κ1) is 16.1. The molecule has 0 radical (unpaired) electrons. The monoisotopic (exact) mass is 314 g/mol. The van der Waals surface area contributed by atoms with Gasteiger partial charge in [0.25, 0.3) is 0 Å². The molecular formula is C17H18N2O2S. The summed E-state index contributed by atoms with van der Waals surface area (Å²) in [5.74, 6) is 0. The molecule has 2 rings (SSSR count). The van der Waals surface area contributed by atoms with E-state index in [1.165, 1.54) is 4.90 Å². The molecule has 1 N–H and O–H groups in total. The van der Waals surface area contributed by atoms with Crippen molar-refractivity contribution in [3.63, 3.8) is 0 Å². The number of aryl methyl sites for hydroxylation is 1. The summed E-state index contributed by atoms with van der Waals surface area (Å²) in [5.41, 5.74) is 2.31. The minimum absolute atomic E-state index is 0.0495. The number of urea groups is 1. The van der Waals surface area contributed by atoms with E-state index in [-0.39, 0.29) is 11.1 Å². The third-order valence-corrected chi connectivity index (χ3v) is 3.98. The second-order valence-electron chi connectivity index (χ2n) is 5.08. The summed E-state index contributed by atoms with van der Waals surface area (Å²) in [6.45, 7) is 1.95. The number of anilines is 1. The Kier molecular flexibility index (Phi) is 5.22. The first-order valence-electron chi connectivity index (χ1n) is 6.83. The molecule has 114 valence electrons. The minimum atomic E-state index is -0.224. The maximum Gasteiger partial charge on any atom is 0.321 e. The van der Waals surface area contributed by atoms with E-state index in [9.17, 15) is 9.59 Å². The number of benzene rings is 2. The summed E-state index contributed by atoms with van der Waals surface area (Å²) in [6.07, 6.45) is 0. The van der Waals surface area contributed by atoms with Crippen molar-refractivity contribution < 1.29 is 9.59 Å². The number of amides is 2. The zero-order valence-corrected chi connectivity index (χ0v) is 13.6. The third-order valence-electron chi connectivity index (χ3n) is 3.00. The van der Waals surface area contributed by atoms with Gasteiger partial charge in [-0.1, -0.05) is 36.4 Å². The second-order valence-corrected chi connectivity index (χ2v) is 6.09. The highest BCUT2D eigenvalue weighted by atomic mass is 32.2. The molecule has 0 saturated heterocycles. The molecule has 0 bridgehead atoms. The molecule has 0 aliphatic heterocycles. The van der Waals surface area contributed by atoms with Gasteiger partial charge in [-0.15, -0.1) is 0 Å². The molecule has 0 saturated carbocycles. The van der Waals surface area contributed by atoms with Crippen LogP contribution >= 0.6 is 11.8 Å². The fraction of sp³-hybridized carbons (Fsp3) is 0.176. The summed E-state index contributed by atoms with van der Waals surface area (Å²) in [5, 5.41) is 2.76. The Morgan fingerprint density at radius 2 is 1.73 bits per heavy atom. The minimum Gasteiger partial charge on any atom is -0.331 e. The number of nitrogens with one attached hydrogen (secondary N) is 1. The van der Waals surface area contributed by atoms with E-state index in [2.05, 4.69) is 5.32 Å². The smallest absolute Gasteiger partial charge is 0.321 e. The van der Waals surface area contributed by atoms with E-state index in [1.54, 1.807) is 26.2 Å². The molecule has 4 nitrogen and oxygen atoms in total. The predicted octanol–water partition coefficient (Wildman–Crippen LogP) is 4.02. The zero-order chi connectivity index (χ0) is 16.1. The van der Waals surface area contributed by atoms with Crippen LogP contribution in [0.15, 0.2) is 53.4 Å². The average molecular weight is 314 g/mol. The van der Waals surface area contributed by atoms with Crippen LogP contribution in [0.5, 0.6) is 0 Å². The standard InChI is InChI=1S/C17H18N2O2S/c1-12-9-10-14(18-17(21)19(2)3)15(11-12)22-16(20)13-7-5-4-6-8-13/h4-11H,1-3H3,(H,18,21). The van der Waals surface area contributed by atoms with Crippen LogP contribution in [0.3, 0.4) is 0 Å². The molecule has 0 spiro atoms. The van der Waals surface area contributed by atoms with Gasteiger partial charge < -0.3 is 10.2 Å². The van der Waals surface area contributed by atoms with Gasteiger partial charge in [-0.25, -0.2) is 4.79 Å². The number of rotatable bonds is 3. The Bertz CT molecular complexity index is 684. The molecule has 5 heteroatoms. The lowest BCUT2D eigenvalue weighted by molar-refractivity contribution is 0.108. The van der Waals surface area contributed by atoms with Crippen molar-refractivity contribution >= 4 is 28.6 Å². The lowest BCUT2D eigenvalue weighted by Gasteiger charge is -2.15. The predicted molar refractivity (Wildman–Crippen MR) is 90.5 cm³/mol. The number of hydrogen-bond acceptors (Lipinski definition) is 3. The molecular weight excluding hydrogens is 296 g/mol. The lowest BCUT2D eigenvalue weighted by atomic mass is 10.2. The first-order valence-corrected chi connectivity index (χ1v) is 7.65. The molecule has 22 heavy (non-hydrogen) atoms. The molecule has 2 aromatic rings. The highest BCUT2D eigenvalue weighted by molar-refractivity contribution is 8.14. The molecule has 0 aliphatic rings. The van der Waals surface area contributed by atoms with Gasteiger partial charge in [0.1, 0.15) is 0 Å². The Morgan fingerprint density at radius 1 is 1.05 bits per heavy atom. The van der Waals surface area contributed by atoms with Crippen molar-refractivity contribution in [3.8, 4) is 0 Å². The van der Waals surface area contributed by atoms with Crippen molar-refractivity contribution in [2.24, 2.45) is 0 Å². The molecule has 0 heterocycles. The third kappa shape index (κ3) is 4.11. The van der Waals surface area contributed by atoms with Crippen LogP contribution in [0.2, 0.25) is 0 Å². The van der Waals surface area contributed by atoms with Crippen molar-refractivity contribution in [1.82, 2.24) is 4.90 Å². The van der Waals surface area contributed by atoms with E-state index in [0.29, 0.717) is 11.3 Å². The Hall–Kier alpha value is -2.27. The molecule has 2 amide bonds. The summed E-state index contributed by atoms with van der Waals surface area (Å²) in [4.78, 5) is 26.4. The SMILES string of the molecule is Cc1ccc(NC(=O)N(C)C)c(SC(=O)c2ccccc2)c1. The van der Waals surface area contributed by atoms with Gasteiger partial charge >= 0.3 is 6.03 Å². The molecule has 0 fully saturated rings. The fourth-order valence-corrected chi connectivity index (χ4v) is 2.70. The van der Waals surface area contributed by atoms with Crippen molar-refractivity contribution in [2.45, 2.75) is 11.8 Å². The van der Waals surface area contributed by atoms with Gasteiger partial charge in [-0.3, -0.25) is 4.79 Å². The molecule has 2 aromatic carbocycles. The van der Waals surface area contributed by atoms with Gasteiger partial charge in [-0.2, -0.15) is 0 Å². The molecule has 0 aromatic heterocycles. The van der Waals surface area contributed by atoms with E-state index in [4.69, 9.17) is 0 Å². The number of thioether (sulfide) groups is 1. The second kappa shape index (κ2) is 7.13. The van der Waals surface area contributed by atoms with Crippen LogP contribution in [0.1, 0.15) is 15.9 Å². The quantitative estimate of drug-likeness (QED) is 0.871. The van der Waals surface area contributed by atoms with Gasteiger partial charge in [0.2, 0.25) is 5.12 Å². The Labute approximate surface area is 134 Å². The van der Waals surface area contributed by atoms with Crippen LogP contribution in [0.4, 0.5) is 10.5 Å². The van der Waals surface area contributed by atoms with Crippen LogP contribution in [0, 0.1) is 6.92 Å². The summed E-state index contributed by atoms with van der Waals surface area (Å²) in [6, 6.07) is 14.5. The number of nitrogens with zero attached hydrogens (tertiary/aromatic N) is 1. The number of hydrogen-bond donors (Lipinski definition) is 1. The molecule has 0 unspecified atom stereocenters. The van der Waals surface area contributed by atoms with E-state index >= 15 is 0 Å². The Balaban J connectivity index is 2.24. The van der Waals surface area contributed by atoms with Gasteiger partial charge in [0.05, 0.1) is 5.69 Å². The molecule has 0 aliphatic carbocycles. The van der Waals surface area contributed by atoms with Crippen molar-refractivity contribution in [2.75, 3.05) is 19.4 Å². The average Bonchev–Trinajstić information content (AvgIpc) is 2.50. The summed E-state index contributed by atoms with van der Waals surface area (Å²) < 4.78 is 0. The van der Waals surface area contributed by atoms with Gasteiger partial charge in [0.15, 0.2) is 0 Å². The van der Waals surface area contributed by atoms with E-state index in [1.807, 2.05) is 43.3 Å². The van der Waals surface area contributed by atoms with Crippen LogP contribution in [0.25, 0.3) is 0 Å². The maximum absolute atomic E-state index is 12.3. The number of carbonyl (C=O) groups excluding carboxylic acids is 2. The highest BCUT2D eigenvalue weighted by Crippen LogP contribution is 2.31. The Morgan fingerprint density at radius 3 is 2.36 bits per heavy atom. The normalized spacial score (nSPS) is 10.1. The fourth-order valence-electron chi connectivity index (χ4n) is 1.78. The van der Waals surface area contributed by atoms with Crippen LogP contribution in [-0.4, -0.2) is 30.1 Å². The largest absolute Gasteiger partial charge is 0.331 e. The van der Waals surface area contributed by atoms with Gasteiger partial charge in [0, 0.05) is 24.6 Å². The summed E-state index contributed by atoms with van der Waals surface area (Å²) in [7, 11) is 3.34. The van der Waals surface area contributed by atoms with Crippen molar-refractivity contribution in [3.05, 3.63) is 59.7 Å². The maximum atomic E-state index is 12.3. The van der Waals surface area contributed by atoms with Gasteiger partial charge in [-0.05, 0) is 36.4 Å². The highest BCUT2D eigenvalue weighted by Gasteiger charge is 2.13. The first-order chi connectivity index (χ1) is 10.5. The van der Waals surface area contributed by atoms with Crippen LogP contribution < -0.4 is 5.32 Å². The zero-order valence-electron chi connectivity index (χ0n) is 12.8. The number of carbonyl (C=O) groups is 2. The van der Waals surface area contributed by atoms with Crippen LogP contribution in [-0.2, 0) is 0 Å². The van der Waals surface area contributed by atoms with Crippen molar-refractivity contribution in [1.29, 1.82) is 0 Å². The topological polar surface area (TPSA) is 49.4 Å². The lowest BCUT2D eigenvalue weighted by Crippen LogP contribution is -2.27. The van der Waals surface area contributed by atoms with E-state index in [0.717, 1.165) is 22.2 Å². The van der Waals surface area contributed by atoms with E-state index < -0.39 is 0 Å². The molecule has 0 atom stereocenters.